The summed E-state index contributed by atoms with van der Waals surface area (Å²) in [7, 11) is -1.41. The highest BCUT2D eigenvalue weighted by Crippen LogP contribution is 2.51. The highest BCUT2D eigenvalue weighted by Gasteiger charge is 2.57. The van der Waals surface area contributed by atoms with Crippen LogP contribution in [0.3, 0.4) is 0 Å². The number of carbonyl (C=O) groups is 2. The van der Waals surface area contributed by atoms with Crippen LogP contribution in [0, 0.1) is 17.3 Å². The Kier molecular flexibility index (Phi) is 9.28. The molecule has 1 aliphatic rings. The molecule has 0 aliphatic heterocycles. The molecule has 6 nitrogen and oxygen atoms in total. The van der Waals surface area contributed by atoms with Crippen LogP contribution in [0.25, 0.3) is 0 Å². The summed E-state index contributed by atoms with van der Waals surface area (Å²) in [5.74, 6) is -0.492. The van der Waals surface area contributed by atoms with Crippen molar-refractivity contribution < 1.29 is 23.9 Å². The summed E-state index contributed by atoms with van der Waals surface area (Å²) in [5, 5.41) is 4.13. The molecule has 7 heteroatoms. The van der Waals surface area contributed by atoms with Crippen LogP contribution in [0.5, 0.6) is 0 Å². The maximum Gasteiger partial charge on any atom is 0.323 e. The van der Waals surface area contributed by atoms with Gasteiger partial charge in [-0.15, -0.1) is 0 Å². The fourth-order valence-electron chi connectivity index (χ4n) is 4.49. The molecule has 0 aromatic heterocycles. The molecular formula is C24H37NO5Si. The summed E-state index contributed by atoms with van der Waals surface area (Å²) in [5.41, 5.74) is -0.152. The Hall–Kier alpha value is -2.15. The Labute approximate surface area is 187 Å². The SMILES string of the molecule is CCOC(=O)C1(C(=O)OCC)C[C@@H](C/C=N/OCc2ccccc2)[C@@H](C[Si](C)(C)C)C1. The molecule has 0 radical (unpaired) electrons. The molecule has 0 heterocycles. The van der Waals surface area contributed by atoms with Crippen molar-refractivity contribution >= 4 is 26.2 Å². The summed E-state index contributed by atoms with van der Waals surface area (Å²) in [6.07, 6.45) is 3.35. The van der Waals surface area contributed by atoms with Crippen molar-refractivity contribution in [1.82, 2.24) is 0 Å². The number of hydrogen-bond donors (Lipinski definition) is 0. The van der Waals surface area contributed by atoms with Crippen LogP contribution in [-0.2, 0) is 30.5 Å². The number of benzene rings is 1. The zero-order valence-corrected chi connectivity index (χ0v) is 20.6. The second-order valence-corrected chi connectivity index (χ2v) is 15.0. The van der Waals surface area contributed by atoms with E-state index >= 15 is 0 Å². The van der Waals surface area contributed by atoms with Crippen LogP contribution in [0.1, 0.15) is 38.7 Å². The van der Waals surface area contributed by atoms with Crippen LogP contribution in [0.2, 0.25) is 25.7 Å². The molecule has 1 aromatic rings. The first-order valence-electron chi connectivity index (χ1n) is 11.2. The normalized spacial score (nSPS) is 20.5. The molecule has 172 valence electrons. The number of oxime groups is 1. The van der Waals surface area contributed by atoms with Gasteiger partial charge in [0.05, 0.1) is 13.2 Å². The highest BCUT2D eigenvalue weighted by atomic mass is 28.3. The van der Waals surface area contributed by atoms with Gasteiger partial charge in [-0.1, -0.05) is 61.2 Å². The molecule has 1 aromatic carbocycles. The van der Waals surface area contributed by atoms with E-state index in [0.717, 1.165) is 11.6 Å². The van der Waals surface area contributed by atoms with Gasteiger partial charge >= 0.3 is 11.9 Å². The standard InChI is InChI=1S/C24H37NO5Si/c1-6-28-22(26)24(23(27)29-7-2)15-20(21(16-24)18-31(3,4)5)13-14-25-30-17-19-11-9-8-10-12-19/h8-12,14,20-21H,6-7,13,15-18H2,1-5H3/b25-14+/t20-,21-/m1/s1. The van der Waals surface area contributed by atoms with Gasteiger partial charge in [-0.05, 0) is 50.5 Å². The van der Waals surface area contributed by atoms with Crippen LogP contribution in [0.4, 0.5) is 0 Å². The van der Waals surface area contributed by atoms with Gasteiger partial charge in [0.25, 0.3) is 0 Å². The average molecular weight is 448 g/mol. The van der Waals surface area contributed by atoms with Gasteiger partial charge in [0.15, 0.2) is 5.41 Å². The lowest BCUT2D eigenvalue weighted by atomic mass is 9.84. The zero-order valence-electron chi connectivity index (χ0n) is 19.6. The second-order valence-electron chi connectivity index (χ2n) is 9.50. The van der Waals surface area contributed by atoms with Gasteiger partial charge in [0.2, 0.25) is 0 Å². The summed E-state index contributed by atoms with van der Waals surface area (Å²) in [6.45, 7) is 11.4. The largest absolute Gasteiger partial charge is 0.465 e. The zero-order chi connectivity index (χ0) is 22.9. The molecular weight excluding hydrogens is 410 g/mol. The van der Waals surface area contributed by atoms with Crippen molar-refractivity contribution in [3.63, 3.8) is 0 Å². The number of carbonyl (C=O) groups excluding carboxylic acids is 2. The molecule has 1 aliphatic carbocycles. The fourth-order valence-corrected chi connectivity index (χ4v) is 6.54. The monoisotopic (exact) mass is 447 g/mol. The highest BCUT2D eigenvalue weighted by molar-refractivity contribution is 6.76. The van der Waals surface area contributed by atoms with E-state index in [4.69, 9.17) is 14.3 Å². The van der Waals surface area contributed by atoms with Crippen LogP contribution < -0.4 is 0 Å². The van der Waals surface area contributed by atoms with Crippen LogP contribution in [0.15, 0.2) is 35.5 Å². The van der Waals surface area contributed by atoms with E-state index in [-0.39, 0.29) is 25.0 Å². The number of esters is 2. The van der Waals surface area contributed by atoms with E-state index in [1.165, 1.54) is 0 Å². The Morgan fingerprint density at radius 2 is 1.61 bits per heavy atom. The predicted molar refractivity (Wildman–Crippen MR) is 124 cm³/mol. The minimum Gasteiger partial charge on any atom is -0.465 e. The third kappa shape index (κ3) is 7.20. The molecule has 1 fully saturated rings. The second kappa shape index (κ2) is 11.5. The number of hydrogen-bond acceptors (Lipinski definition) is 6. The van der Waals surface area contributed by atoms with Crippen molar-refractivity contribution in [2.45, 2.75) is 65.4 Å². The number of nitrogens with zero attached hydrogens (tertiary/aromatic N) is 1. The molecule has 1 saturated carbocycles. The lowest BCUT2D eigenvalue weighted by Crippen LogP contribution is -2.40. The molecule has 2 atom stereocenters. The minimum absolute atomic E-state index is 0.157. The van der Waals surface area contributed by atoms with Crippen LogP contribution >= 0.6 is 0 Å². The summed E-state index contributed by atoms with van der Waals surface area (Å²) >= 11 is 0. The van der Waals surface area contributed by atoms with E-state index in [1.54, 1.807) is 20.1 Å². The lowest BCUT2D eigenvalue weighted by molar-refractivity contribution is -0.172. The topological polar surface area (TPSA) is 74.2 Å². The lowest BCUT2D eigenvalue weighted by Gasteiger charge is -2.26. The Balaban J connectivity index is 2.12. The third-order valence-electron chi connectivity index (χ3n) is 5.73. The molecule has 0 N–H and O–H groups in total. The van der Waals surface area contributed by atoms with Crippen molar-refractivity contribution in [3.05, 3.63) is 35.9 Å². The van der Waals surface area contributed by atoms with Gasteiger partial charge in [-0.25, -0.2) is 0 Å². The maximum atomic E-state index is 12.9. The number of rotatable bonds is 11. The Morgan fingerprint density at radius 3 is 2.16 bits per heavy atom. The van der Waals surface area contributed by atoms with Gasteiger partial charge < -0.3 is 14.3 Å². The molecule has 2 rings (SSSR count). The third-order valence-corrected chi connectivity index (χ3v) is 7.48. The van der Waals surface area contributed by atoms with Crippen molar-refractivity contribution in [2.75, 3.05) is 13.2 Å². The Morgan fingerprint density at radius 1 is 1.03 bits per heavy atom. The van der Waals surface area contributed by atoms with Crippen molar-refractivity contribution in [2.24, 2.45) is 22.4 Å². The van der Waals surface area contributed by atoms with Crippen molar-refractivity contribution in [3.8, 4) is 0 Å². The average Bonchev–Trinajstić information content (AvgIpc) is 3.07. The quantitative estimate of drug-likeness (QED) is 0.156. The molecule has 0 bridgehead atoms. The smallest absolute Gasteiger partial charge is 0.323 e. The van der Waals surface area contributed by atoms with E-state index in [0.29, 0.717) is 25.9 Å². The first-order chi connectivity index (χ1) is 14.7. The maximum absolute atomic E-state index is 12.9. The summed E-state index contributed by atoms with van der Waals surface area (Å²) in [4.78, 5) is 31.2. The van der Waals surface area contributed by atoms with Gasteiger partial charge in [-0.2, -0.15) is 0 Å². The van der Waals surface area contributed by atoms with E-state index in [9.17, 15) is 9.59 Å². The van der Waals surface area contributed by atoms with E-state index in [1.807, 2.05) is 30.3 Å². The summed E-state index contributed by atoms with van der Waals surface area (Å²) in [6, 6.07) is 10.9. The van der Waals surface area contributed by atoms with Gasteiger partial charge in [0, 0.05) is 14.3 Å². The molecule has 0 unspecified atom stereocenters. The molecule has 0 saturated heterocycles. The molecule has 0 spiro atoms. The van der Waals surface area contributed by atoms with Gasteiger partial charge in [0.1, 0.15) is 6.61 Å². The predicted octanol–water partition coefficient (Wildman–Crippen LogP) is 5.06. The minimum atomic E-state index is -1.41. The van der Waals surface area contributed by atoms with Gasteiger partial charge in [-0.3, -0.25) is 9.59 Å². The fraction of sp³-hybridized carbons (Fsp3) is 0.625. The Bertz CT molecular complexity index is 726. The first kappa shape index (κ1) is 25.1. The van der Waals surface area contributed by atoms with Crippen molar-refractivity contribution in [1.29, 1.82) is 0 Å². The van der Waals surface area contributed by atoms with E-state index < -0.39 is 25.4 Å². The van der Waals surface area contributed by atoms with E-state index in [2.05, 4.69) is 24.8 Å². The first-order valence-corrected chi connectivity index (χ1v) is 14.9. The molecule has 0 amide bonds. The summed E-state index contributed by atoms with van der Waals surface area (Å²) < 4.78 is 10.7. The number of ether oxygens (including phenoxy) is 2. The van der Waals surface area contributed by atoms with Crippen LogP contribution in [-0.4, -0.2) is 39.4 Å². The molecule has 31 heavy (non-hydrogen) atoms.